The zero-order valence-corrected chi connectivity index (χ0v) is 21.2. The Balaban J connectivity index is 1.56. The van der Waals surface area contributed by atoms with Crippen LogP contribution in [0.2, 0.25) is 0 Å². The maximum Gasteiger partial charge on any atom is 0.113 e. The summed E-state index contributed by atoms with van der Waals surface area (Å²) in [7, 11) is 0. The smallest absolute Gasteiger partial charge is 0.113 e. The molecular weight excluding hydrogens is 450 g/mol. The summed E-state index contributed by atoms with van der Waals surface area (Å²) >= 11 is 0. The highest BCUT2D eigenvalue weighted by atomic mass is 16.5. The maximum absolute atomic E-state index is 11.6. The topological polar surface area (TPSA) is 62.2 Å². The van der Waals surface area contributed by atoms with Crippen molar-refractivity contribution < 1.29 is 19.7 Å². The average Bonchev–Trinajstić information content (AvgIpc) is 2.92. The van der Waals surface area contributed by atoms with Gasteiger partial charge in [0.2, 0.25) is 0 Å². The largest absolute Gasteiger partial charge is 0.389 e. The number of ether oxygens (including phenoxy) is 2. The molecule has 3 aromatic rings. The molecule has 5 atom stereocenters. The van der Waals surface area contributed by atoms with E-state index in [1.54, 1.807) is 0 Å². The van der Waals surface area contributed by atoms with E-state index < -0.39 is 18.3 Å². The fourth-order valence-electron chi connectivity index (χ4n) is 5.09. The summed E-state index contributed by atoms with van der Waals surface area (Å²) in [5, 5.41) is 23.1. The third-order valence-corrected chi connectivity index (χ3v) is 7.06. The standard InChI is InChI=1S/C31H39NO4/c1-2-3-19-27-29(33)31(36-22-26-17-11-6-12-18-26)30(34)28(23-35-21-25-15-9-5-10-16-25)32(27)20-24-13-7-4-8-14-24/h4-18,27-31,33-34H,2-3,19-23H2,1H3/t27-,28+,29-,30+,31+/m0/s1. The molecule has 1 saturated heterocycles. The third-order valence-electron chi connectivity index (χ3n) is 7.06. The summed E-state index contributed by atoms with van der Waals surface area (Å²) in [6.07, 6.45) is 0.481. The van der Waals surface area contributed by atoms with Crippen molar-refractivity contribution in [2.75, 3.05) is 6.61 Å². The fourth-order valence-corrected chi connectivity index (χ4v) is 5.09. The molecule has 4 rings (SSSR count). The summed E-state index contributed by atoms with van der Waals surface area (Å²) < 4.78 is 12.4. The third kappa shape index (κ3) is 7.02. The molecule has 5 nitrogen and oxygen atoms in total. The van der Waals surface area contributed by atoms with Crippen LogP contribution in [0.25, 0.3) is 0 Å². The molecule has 5 heteroatoms. The summed E-state index contributed by atoms with van der Waals surface area (Å²) in [4.78, 5) is 2.24. The zero-order chi connectivity index (χ0) is 25.2. The molecule has 0 aromatic heterocycles. The molecule has 1 fully saturated rings. The van der Waals surface area contributed by atoms with E-state index in [0.717, 1.165) is 36.0 Å². The van der Waals surface area contributed by atoms with Crippen LogP contribution in [0.15, 0.2) is 91.0 Å². The van der Waals surface area contributed by atoms with E-state index in [-0.39, 0.29) is 12.1 Å². The van der Waals surface area contributed by atoms with E-state index in [4.69, 9.17) is 9.47 Å². The minimum absolute atomic E-state index is 0.139. The van der Waals surface area contributed by atoms with Gasteiger partial charge in [-0.15, -0.1) is 0 Å². The summed E-state index contributed by atoms with van der Waals surface area (Å²) in [6, 6.07) is 29.8. The lowest BCUT2D eigenvalue weighted by Gasteiger charge is -2.50. The van der Waals surface area contributed by atoms with E-state index in [2.05, 4.69) is 24.0 Å². The Hall–Kier alpha value is -2.54. The van der Waals surface area contributed by atoms with E-state index in [9.17, 15) is 10.2 Å². The van der Waals surface area contributed by atoms with Crippen LogP contribution in [0.3, 0.4) is 0 Å². The van der Waals surface area contributed by atoms with Crippen molar-refractivity contribution in [3.05, 3.63) is 108 Å². The van der Waals surface area contributed by atoms with Gasteiger partial charge in [0, 0.05) is 12.6 Å². The maximum atomic E-state index is 11.6. The Morgan fingerprint density at radius 3 is 1.81 bits per heavy atom. The molecule has 0 aliphatic carbocycles. The number of nitrogens with zero attached hydrogens (tertiary/aromatic N) is 1. The van der Waals surface area contributed by atoms with E-state index in [0.29, 0.717) is 26.4 Å². The Morgan fingerprint density at radius 1 is 0.694 bits per heavy atom. The Bertz CT molecular complexity index is 1000. The monoisotopic (exact) mass is 489 g/mol. The highest BCUT2D eigenvalue weighted by Crippen LogP contribution is 2.32. The van der Waals surface area contributed by atoms with Crippen LogP contribution >= 0.6 is 0 Å². The molecule has 1 aliphatic rings. The highest BCUT2D eigenvalue weighted by Gasteiger charge is 2.48. The molecule has 0 radical (unpaired) electrons. The van der Waals surface area contributed by atoms with Gasteiger partial charge < -0.3 is 19.7 Å². The number of hydrogen-bond acceptors (Lipinski definition) is 5. The van der Waals surface area contributed by atoms with Crippen LogP contribution in [0.4, 0.5) is 0 Å². The van der Waals surface area contributed by atoms with Crippen molar-refractivity contribution in [3.63, 3.8) is 0 Å². The summed E-state index contributed by atoms with van der Waals surface area (Å²) in [5.41, 5.74) is 3.26. The minimum Gasteiger partial charge on any atom is -0.389 e. The van der Waals surface area contributed by atoms with Gasteiger partial charge >= 0.3 is 0 Å². The van der Waals surface area contributed by atoms with Crippen LogP contribution in [0.1, 0.15) is 42.9 Å². The minimum atomic E-state index is -0.888. The molecule has 2 N–H and O–H groups in total. The van der Waals surface area contributed by atoms with Crippen molar-refractivity contribution in [2.24, 2.45) is 0 Å². The van der Waals surface area contributed by atoms with Gasteiger partial charge in [-0.3, -0.25) is 4.90 Å². The number of likely N-dealkylation sites (tertiary alicyclic amines) is 1. The molecule has 0 spiro atoms. The first-order chi connectivity index (χ1) is 17.7. The van der Waals surface area contributed by atoms with Crippen LogP contribution in [0.5, 0.6) is 0 Å². The number of benzene rings is 3. The number of aliphatic hydroxyl groups is 2. The quantitative estimate of drug-likeness (QED) is 0.377. The van der Waals surface area contributed by atoms with Gasteiger partial charge in [-0.1, -0.05) is 111 Å². The highest BCUT2D eigenvalue weighted by molar-refractivity contribution is 5.17. The van der Waals surface area contributed by atoms with Crippen molar-refractivity contribution in [2.45, 2.75) is 76.3 Å². The van der Waals surface area contributed by atoms with Crippen LogP contribution in [-0.4, -0.2) is 52.1 Å². The zero-order valence-electron chi connectivity index (χ0n) is 21.2. The molecule has 0 unspecified atom stereocenters. The average molecular weight is 490 g/mol. The van der Waals surface area contributed by atoms with Crippen molar-refractivity contribution in [3.8, 4) is 0 Å². The molecule has 3 aromatic carbocycles. The van der Waals surface area contributed by atoms with Gasteiger partial charge in [0.05, 0.1) is 32.0 Å². The van der Waals surface area contributed by atoms with Crippen LogP contribution < -0.4 is 0 Å². The Morgan fingerprint density at radius 2 is 1.22 bits per heavy atom. The summed E-state index contributed by atoms with van der Waals surface area (Å²) in [6.45, 7) is 3.96. The molecule has 0 bridgehead atoms. The number of unbranched alkanes of at least 4 members (excludes halogenated alkanes) is 1. The van der Waals surface area contributed by atoms with E-state index in [1.165, 1.54) is 0 Å². The van der Waals surface area contributed by atoms with Crippen molar-refractivity contribution in [1.29, 1.82) is 0 Å². The van der Waals surface area contributed by atoms with Crippen molar-refractivity contribution in [1.82, 2.24) is 4.90 Å². The lowest BCUT2D eigenvalue weighted by Crippen LogP contribution is -2.67. The number of piperidine rings is 1. The molecule has 0 amide bonds. The molecule has 0 saturated carbocycles. The first kappa shape index (κ1) is 26.5. The van der Waals surface area contributed by atoms with Crippen LogP contribution in [0, 0.1) is 0 Å². The van der Waals surface area contributed by atoms with E-state index in [1.807, 2.05) is 78.9 Å². The molecule has 192 valence electrons. The second-order valence-corrected chi connectivity index (χ2v) is 9.68. The second kappa shape index (κ2) is 13.7. The molecular formula is C31H39NO4. The first-order valence-electron chi connectivity index (χ1n) is 13.1. The molecule has 1 heterocycles. The van der Waals surface area contributed by atoms with Crippen LogP contribution in [-0.2, 0) is 29.2 Å². The van der Waals surface area contributed by atoms with Gasteiger partial charge in [0.1, 0.15) is 12.2 Å². The summed E-state index contributed by atoms with van der Waals surface area (Å²) in [5.74, 6) is 0. The van der Waals surface area contributed by atoms with Crippen molar-refractivity contribution >= 4 is 0 Å². The van der Waals surface area contributed by atoms with Gasteiger partial charge in [-0.2, -0.15) is 0 Å². The second-order valence-electron chi connectivity index (χ2n) is 9.68. The van der Waals surface area contributed by atoms with Gasteiger partial charge in [-0.05, 0) is 23.1 Å². The van der Waals surface area contributed by atoms with Gasteiger partial charge in [0.15, 0.2) is 0 Å². The predicted octanol–water partition coefficient (Wildman–Crippen LogP) is 4.95. The van der Waals surface area contributed by atoms with Gasteiger partial charge in [-0.25, -0.2) is 0 Å². The number of hydrogen-bond donors (Lipinski definition) is 2. The normalized spacial score (nSPS) is 24.6. The number of rotatable bonds is 12. The lowest BCUT2D eigenvalue weighted by molar-refractivity contribution is -0.200. The lowest BCUT2D eigenvalue weighted by atomic mass is 9.85. The van der Waals surface area contributed by atoms with E-state index >= 15 is 0 Å². The molecule has 36 heavy (non-hydrogen) atoms. The fraction of sp³-hybridized carbons (Fsp3) is 0.419. The predicted molar refractivity (Wildman–Crippen MR) is 142 cm³/mol. The Kier molecular flexibility index (Phi) is 10.1. The molecule has 1 aliphatic heterocycles. The Labute approximate surface area is 215 Å². The number of aliphatic hydroxyl groups excluding tert-OH is 2. The SMILES string of the molecule is CCCC[C@H]1[C@H](O)[C@@H](OCc2ccccc2)[C@H](O)[C@@H](COCc2ccccc2)N1Cc1ccccc1. The van der Waals surface area contributed by atoms with Gasteiger partial charge in [0.25, 0.3) is 0 Å². The first-order valence-corrected chi connectivity index (χ1v) is 13.1.